The average Bonchev–Trinajstić information content (AvgIpc) is 2.72. The van der Waals surface area contributed by atoms with Gasteiger partial charge in [0.2, 0.25) is 0 Å². The number of hydrogen-bond donors (Lipinski definition) is 0. The van der Waals surface area contributed by atoms with Crippen molar-refractivity contribution in [3.05, 3.63) is 27.7 Å². The summed E-state index contributed by atoms with van der Waals surface area (Å²) in [5.41, 5.74) is 2.79. The molecule has 0 N–H and O–H groups in total. The van der Waals surface area contributed by atoms with Gasteiger partial charge >= 0.3 is 0 Å². The number of benzene rings is 1. The summed E-state index contributed by atoms with van der Waals surface area (Å²) >= 11 is 10.4. The standard InChI is InChI=1S/C16H22BrClO/c1-9-7-12(19-6)10(8-11(9)17)13(18)14-15(2,3)16(14,4)5/h7-8,13-14H,1-6H3. The third-order valence-electron chi connectivity index (χ3n) is 5.23. The molecular weight excluding hydrogens is 324 g/mol. The minimum Gasteiger partial charge on any atom is -0.496 e. The number of rotatable bonds is 3. The fourth-order valence-electron chi connectivity index (χ4n) is 3.22. The quantitative estimate of drug-likeness (QED) is 0.636. The minimum atomic E-state index is -0.0168. The van der Waals surface area contributed by atoms with Gasteiger partial charge in [0.05, 0.1) is 12.5 Å². The molecule has 1 saturated carbocycles. The smallest absolute Gasteiger partial charge is 0.123 e. The molecule has 1 fully saturated rings. The first-order valence-electron chi connectivity index (χ1n) is 6.62. The molecule has 1 aromatic rings. The molecule has 2 rings (SSSR count). The highest BCUT2D eigenvalue weighted by molar-refractivity contribution is 9.10. The maximum absolute atomic E-state index is 6.78. The van der Waals surface area contributed by atoms with Gasteiger partial charge in [-0.15, -0.1) is 11.6 Å². The van der Waals surface area contributed by atoms with E-state index < -0.39 is 0 Å². The summed E-state index contributed by atoms with van der Waals surface area (Å²) in [6.07, 6.45) is 0. The van der Waals surface area contributed by atoms with E-state index in [2.05, 4.69) is 62.7 Å². The Hall–Kier alpha value is -0.210. The van der Waals surface area contributed by atoms with Gasteiger partial charge in [-0.25, -0.2) is 0 Å². The summed E-state index contributed by atoms with van der Waals surface area (Å²) in [5.74, 6) is 1.35. The lowest BCUT2D eigenvalue weighted by molar-refractivity contribution is 0.405. The van der Waals surface area contributed by atoms with Crippen LogP contribution in [0.1, 0.15) is 44.2 Å². The molecule has 1 unspecified atom stereocenters. The van der Waals surface area contributed by atoms with Crippen LogP contribution in [0.4, 0.5) is 0 Å². The zero-order valence-corrected chi connectivity index (χ0v) is 14.8. The molecule has 1 aliphatic carbocycles. The van der Waals surface area contributed by atoms with Crippen molar-refractivity contribution in [3.63, 3.8) is 0 Å². The Bertz CT molecular complexity index is 494. The third kappa shape index (κ3) is 2.21. The first-order valence-corrected chi connectivity index (χ1v) is 7.85. The number of halogens is 2. The van der Waals surface area contributed by atoms with Crippen molar-refractivity contribution in [1.82, 2.24) is 0 Å². The predicted octanol–water partition coefficient (Wildman–Crippen LogP) is 5.73. The van der Waals surface area contributed by atoms with E-state index >= 15 is 0 Å². The number of methoxy groups -OCH3 is 1. The molecule has 0 spiro atoms. The van der Waals surface area contributed by atoms with Gasteiger partial charge in [-0.2, -0.15) is 0 Å². The molecular formula is C16H22BrClO. The molecule has 0 radical (unpaired) electrons. The van der Waals surface area contributed by atoms with Crippen LogP contribution in [0.2, 0.25) is 0 Å². The number of alkyl halides is 1. The van der Waals surface area contributed by atoms with Gasteiger partial charge in [-0.1, -0.05) is 43.6 Å². The monoisotopic (exact) mass is 344 g/mol. The molecule has 1 aromatic carbocycles. The van der Waals surface area contributed by atoms with Crippen molar-refractivity contribution >= 4 is 27.5 Å². The van der Waals surface area contributed by atoms with Crippen molar-refractivity contribution in [2.75, 3.05) is 7.11 Å². The van der Waals surface area contributed by atoms with Crippen LogP contribution in [0.5, 0.6) is 5.75 Å². The summed E-state index contributed by atoms with van der Waals surface area (Å²) in [6, 6.07) is 4.16. The molecule has 0 aliphatic heterocycles. The third-order valence-corrected chi connectivity index (χ3v) is 6.57. The lowest BCUT2D eigenvalue weighted by Crippen LogP contribution is -2.03. The molecule has 106 valence electrons. The zero-order chi connectivity index (χ0) is 14.6. The Morgan fingerprint density at radius 2 is 1.74 bits per heavy atom. The molecule has 1 nitrogen and oxygen atoms in total. The molecule has 1 atom stereocenters. The van der Waals surface area contributed by atoms with Crippen molar-refractivity contribution in [3.8, 4) is 5.75 Å². The van der Waals surface area contributed by atoms with Crippen LogP contribution in [0.3, 0.4) is 0 Å². The SMILES string of the molecule is COc1cc(C)c(Br)cc1C(Cl)C1C(C)(C)C1(C)C. The lowest BCUT2D eigenvalue weighted by atomic mass is 10.00. The van der Waals surface area contributed by atoms with Gasteiger partial charge in [0.15, 0.2) is 0 Å². The lowest BCUT2D eigenvalue weighted by Gasteiger charge is -2.17. The number of ether oxygens (including phenoxy) is 1. The molecule has 3 heteroatoms. The molecule has 19 heavy (non-hydrogen) atoms. The maximum Gasteiger partial charge on any atom is 0.123 e. The molecule has 0 aromatic heterocycles. The first kappa shape index (κ1) is 15.2. The Morgan fingerprint density at radius 1 is 1.21 bits per heavy atom. The zero-order valence-electron chi connectivity index (χ0n) is 12.5. The van der Waals surface area contributed by atoms with E-state index in [0.717, 1.165) is 15.8 Å². The van der Waals surface area contributed by atoms with Gasteiger partial charge in [-0.05, 0) is 41.4 Å². The Labute approximate surface area is 129 Å². The van der Waals surface area contributed by atoms with Crippen LogP contribution in [0.25, 0.3) is 0 Å². The Kier molecular flexibility index (Phi) is 3.73. The van der Waals surface area contributed by atoms with Crippen molar-refractivity contribution in [2.45, 2.75) is 40.0 Å². The van der Waals surface area contributed by atoms with E-state index in [1.165, 1.54) is 5.56 Å². The van der Waals surface area contributed by atoms with E-state index in [9.17, 15) is 0 Å². The highest BCUT2D eigenvalue weighted by atomic mass is 79.9. The van der Waals surface area contributed by atoms with E-state index in [4.69, 9.17) is 16.3 Å². The second-order valence-electron chi connectivity index (χ2n) is 6.67. The summed E-state index contributed by atoms with van der Waals surface area (Å²) in [4.78, 5) is 0. The minimum absolute atomic E-state index is 0.0168. The average molecular weight is 346 g/mol. The normalized spacial score (nSPS) is 22.1. The van der Waals surface area contributed by atoms with E-state index in [0.29, 0.717) is 5.92 Å². The van der Waals surface area contributed by atoms with Crippen LogP contribution in [-0.4, -0.2) is 7.11 Å². The Balaban J connectivity index is 2.41. The Morgan fingerprint density at radius 3 is 2.16 bits per heavy atom. The maximum atomic E-state index is 6.78. The second-order valence-corrected chi connectivity index (χ2v) is 7.99. The van der Waals surface area contributed by atoms with Crippen molar-refractivity contribution in [1.29, 1.82) is 0 Å². The van der Waals surface area contributed by atoms with Crippen molar-refractivity contribution < 1.29 is 4.74 Å². The van der Waals surface area contributed by atoms with Crippen LogP contribution in [-0.2, 0) is 0 Å². The van der Waals surface area contributed by atoms with Gasteiger partial charge in [-0.3, -0.25) is 0 Å². The summed E-state index contributed by atoms with van der Waals surface area (Å²) in [6.45, 7) is 11.2. The van der Waals surface area contributed by atoms with Crippen LogP contribution >= 0.6 is 27.5 Å². The van der Waals surface area contributed by atoms with Gasteiger partial charge < -0.3 is 4.74 Å². The van der Waals surface area contributed by atoms with E-state index in [-0.39, 0.29) is 16.2 Å². The van der Waals surface area contributed by atoms with Gasteiger partial charge in [0.25, 0.3) is 0 Å². The fraction of sp³-hybridized carbons (Fsp3) is 0.625. The fourth-order valence-corrected chi connectivity index (χ4v) is 4.38. The first-order chi connectivity index (χ1) is 8.64. The topological polar surface area (TPSA) is 9.23 Å². The number of hydrogen-bond acceptors (Lipinski definition) is 1. The van der Waals surface area contributed by atoms with E-state index in [1.807, 2.05) is 0 Å². The summed E-state index contributed by atoms with van der Waals surface area (Å²) in [5, 5.41) is -0.0168. The summed E-state index contributed by atoms with van der Waals surface area (Å²) in [7, 11) is 1.71. The van der Waals surface area contributed by atoms with Crippen molar-refractivity contribution in [2.24, 2.45) is 16.7 Å². The molecule has 0 amide bonds. The molecule has 0 bridgehead atoms. The largest absolute Gasteiger partial charge is 0.496 e. The van der Waals surface area contributed by atoms with Crippen LogP contribution in [0.15, 0.2) is 16.6 Å². The van der Waals surface area contributed by atoms with Gasteiger partial charge in [0, 0.05) is 10.0 Å². The van der Waals surface area contributed by atoms with E-state index in [1.54, 1.807) is 7.11 Å². The van der Waals surface area contributed by atoms with Crippen LogP contribution < -0.4 is 4.74 Å². The predicted molar refractivity (Wildman–Crippen MR) is 85.1 cm³/mol. The molecule has 0 saturated heterocycles. The summed E-state index contributed by atoms with van der Waals surface area (Å²) < 4.78 is 6.60. The molecule has 0 heterocycles. The molecule has 1 aliphatic rings. The highest BCUT2D eigenvalue weighted by Gasteiger charge is 2.67. The van der Waals surface area contributed by atoms with Crippen LogP contribution in [0, 0.1) is 23.7 Å². The second kappa shape index (κ2) is 4.66. The van der Waals surface area contributed by atoms with Gasteiger partial charge in [0.1, 0.15) is 5.75 Å². The number of aryl methyl sites for hydroxylation is 1. The highest BCUT2D eigenvalue weighted by Crippen LogP contribution is 2.74.